The van der Waals surface area contributed by atoms with E-state index in [2.05, 4.69) is 60.6 Å². The minimum Gasteiger partial charge on any atom is -0.493 e. The number of hydrogen-bond acceptors (Lipinski definition) is 14. The highest BCUT2D eigenvalue weighted by molar-refractivity contribution is 7.22. The number of aromatic nitrogens is 4. The Kier molecular flexibility index (Phi) is 14.8. The third kappa shape index (κ3) is 11.2. The van der Waals surface area contributed by atoms with Crippen molar-refractivity contribution in [3.05, 3.63) is 125 Å². The Balaban J connectivity index is 0.758. The standard InChI is InChI=1S/C58H64N10O7S/c1-34-30-66(31-35(2)68(34)33-51(70)59-38-19-20-42-46(29-38)65(7)64-52(42)43-22-24-50(69)62-55(43)72)26-12-28-74-47-17-11-14-39(36(47)3)40-21-23-49(61-53(40)56(73)75-58(4,5)6)67-27-25-37-13-10-15-41(44(37)32-67)54(71)63-57-60-45-16-8-9-18-48(45)76-57/h8-11,13-21,23,29,34-35,43H,12,22,24-28,30-33H2,1-7H3,(H,59,70)(H,60,63,71)(H,62,69,72)/t34-,35+,43?. The summed E-state index contributed by atoms with van der Waals surface area (Å²) in [6, 6.07) is 29.2. The maximum atomic E-state index is 14.1. The van der Waals surface area contributed by atoms with Gasteiger partial charge in [-0.15, -0.1) is 0 Å². The van der Waals surface area contributed by atoms with Crippen molar-refractivity contribution in [1.82, 2.24) is 34.9 Å². The summed E-state index contributed by atoms with van der Waals surface area (Å²) in [5, 5.41) is 14.5. The predicted molar refractivity (Wildman–Crippen MR) is 295 cm³/mol. The van der Waals surface area contributed by atoms with Crippen LogP contribution in [-0.2, 0) is 39.1 Å². The number of hydrogen-bond donors (Lipinski definition) is 3. The Morgan fingerprint density at radius 3 is 2.45 bits per heavy atom. The van der Waals surface area contributed by atoms with Crippen LogP contribution in [-0.4, -0.2) is 116 Å². The first-order chi connectivity index (χ1) is 36.5. The minimum atomic E-state index is -0.759. The maximum absolute atomic E-state index is 14.1. The van der Waals surface area contributed by atoms with Crippen LogP contribution >= 0.6 is 11.3 Å². The molecule has 0 bridgehead atoms. The fraction of sp³-hybridized carbons (Fsp3) is 0.379. The molecule has 7 aromatic rings. The van der Waals surface area contributed by atoms with Crippen molar-refractivity contribution in [3.63, 3.8) is 0 Å². The highest BCUT2D eigenvalue weighted by Gasteiger charge is 2.34. The fourth-order valence-corrected chi connectivity index (χ4v) is 11.7. The van der Waals surface area contributed by atoms with Gasteiger partial charge in [0, 0.05) is 80.5 Å². The molecule has 0 saturated carbocycles. The summed E-state index contributed by atoms with van der Waals surface area (Å²) >= 11 is 1.44. The van der Waals surface area contributed by atoms with E-state index in [0.717, 1.165) is 75.2 Å². The maximum Gasteiger partial charge on any atom is 0.358 e. The van der Waals surface area contributed by atoms with Gasteiger partial charge in [0.15, 0.2) is 10.8 Å². The predicted octanol–water partition coefficient (Wildman–Crippen LogP) is 8.65. The second kappa shape index (κ2) is 21.6. The number of piperazine rings is 1. The van der Waals surface area contributed by atoms with Crippen molar-refractivity contribution < 1.29 is 33.4 Å². The van der Waals surface area contributed by atoms with Crippen LogP contribution in [0, 0.1) is 6.92 Å². The molecule has 3 aromatic heterocycles. The molecule has 18 heteroatoms. The third-order valence-electron chi connectivity index (χ3n) is 14.5. The second-order valence-corrected chi connectivity index (χ2v) is 22.2. The number of para-hydroxylation sites is 1. The van der Waals surface area contributed by atoms with Crippen LogP contribution in [0.25, 0.3) is 32.2 Å². The smallest absolute Gasteiger partial charge is 0.358 e. The number of nitrogens with one attached hydrogen (secondary N) is 3. The van der Waals surface area contributed by atoms with Gasteiger partial charge >= 0.3 is 5.97 Å². The number of anilines is 3. The van der Waals surface area contributed by atoms with Crippen LogP contribution in [0.5, 0.6) is 5.75 Å². The van der Waals surface area contributed by atoms with E-state index >= 15 is 0 Å². The van der Waals surface area contributed by atoms with Crippen molar-refractivity contribution in [2.45, 2.75) is 97.4 Å². The summed E-state index contributed by atoms with van der Waals surface area (Å²) in [7, 11) is 1.81. The minimum absolute atomic E-state index is 0.109. The highest BCUT2D eigenvalue weighted by Crippen LogP contribution is 2.36. The van der Waals surface area contributed by atoms with Gasteiger partial charge in [-0.1, -0.05) is 47.7 Å². The Morgan fingerprint density at radius 2 is 1.67 bits per heavy atom. The average Bonchev–Trinajstić information content (AvgIpc) is 3.95. The molecular weight excluding hydrogens is 981 g/mol. The number of amides is 4. The van der Waals surface area contributed by atoms with Crippen LogP contribution in [0.15, 0.2) is 91.0 Å². The van der Waals surface area contributed by atoms with Gasteiger partial charge in [-0.3, -0.25) is 39.4 Å². The SMILES string of the molecule is Cc1c(OCCCN2C[C@@H](C)N(CC(=O)Nc3ccc4c(C5CCC(=O)NC5=O)nn(C)c4c3)[C@@H](C)C2)cccc1-c1ccc(N2CCc3cccc(C(=O)Nc4nc5ccccc5s4)c3C2)nc1C(=O)OC(C)(C)C. The van der Waals surface area contributed by atoms with E-state index in [9.17, 15) is 24.0 Å². The molecule has 4 aromatic carbocycles. The summed E-state index contributed by atoms with van der Waals surface area (Å²) in [5.41, 5.74) is 7.26. The van der Waals surface area contributed by atoms with Gasteiger partial charge in [-0.2, -0.15) is 5.10 Å². The highest BCUT2D eigenvalue weighted by atomic mass is 32.1. The molecule has 3 N–H and O–H groups in total. The Hall–Kier alpha value is -7.54. The molecule has 394 valence electrons. The number of imide groups is 1. The van der Waals surface area contributed by atoms with E-state index in [1.54, 1.807) is 4.68 Å². The number of piperidine rings is 1. The van der Waals surface area contributed by atoms with E-state index < -0.39 is 17.5 Å². The Labute approximate surface area is 446 Å². The number of carbonyl (C=O) groups is 5. The van der Waals surface area contributed by atoms with Crippen molar-refractivity contribution >= 4 is 78.7 Å². The summed E-state index contributed by atoms with van der Waals surface area (Å²) in [6.07, 6.45) is 2.17. The largest absolute Gasteiger partial charge is 0.493 e. The first-order valence-corrected chi connectivity index (χ1v) is 26.9. The number of nitrogens with zero attached hydrogens (tertiary/aromatic N) is 7. The van der Waals surface area contributed by atoms with Crippen LogP contribution in [0.3, 0.4) is 0 Å². The average molecular weight is 1050 g/mol. The van der Waals surface area contributed by atoms with Gasteiger partial charge in [-0.05, 0) is 138 Å². The van der Waals surface area contributed by atoms with Crippen molar-refractivity contribution in [1.29, 1.82) is 0 Å². The number of rotatable bonds is 14. The monoisotopic (exact) mass is 1040 g/mol. The lowest BCUT2D eigenvalue weighted by Gasteiger charge is -2.44. The third-order valence-corrected chi connectivity index (χ3v) is 15.5. The van der Waals surface area contributed by atoms with Crippen molar-refractivity contribution in [3.8, 4) is 16.9 Å². The van der Waals surface area contributed by atoms with Crippen molar-refractivity contribution in [2.24, 2.45) is 7.05 Å². The van der Waals surface area contributed by atoms with Gasteiger partial charge < -0.3 is 24.6 Å². The number of aryl methyl sites for hydroxylation is 1. The fourth-order valence-electron chi connectivity index (χ4n) is 10.8. The summed E-state index contributed by atoms with van der Waals surface area (Å²) in [5.74, 6) is -0.635. The lowest BCUT2D eigenvalue weighted by Crippen LogP contribution is -2.58. The molecule has 3 aliphatic rings. The number of esters is 1. The molecule has 3 aliphatic heterocycles. The summed E-state index contributed by atoms with van der Waals surface area (Å²) in [6.45, 7) is 16.1. The zero-order valence-electron chi connectivity index (χ0n) is 44.1. The molecule has 17 nitrogen and oxygen atoms in total. The summed E-state index contributed by atoms with van der Waals surface area (Å²) in [4.78, 5) is 82.1. The zero-order valence-corrected chi connectivity index (χ0v) is 44.9. The molecule has 0 spiro atoms. The number of benzene rings is 4. The van der Waals surface area contributed by atoms with E-state index in [1.807, 2.05) is 120 Å². The first kappa shape index (κ1) is 51.9. The van der Waals surface area contributed by atoms with Crippen LogP contribution in [0.4, 0.5) is 16.6 Å². The number of thiazole rings is 1. The van der Waals surface area contributed by atoms with Gasteiger partial charge in [0.1, 0.15) is 17.2 Å². The quantitative estimate of drug-likeness (QED) is 0.0533. The number of fused-ring (bicyclic) bond motifs is 3. The van der Waals surface area contributed by atoms with Crippen LogP contribution in [0.1, 0.15) is 103 Å². The van der Waals surface area contributed by atoms with E-state index in [1.165, 1.54) is 11.3 Å². The summed E-state index contributed by atoms with van der Waals surface area (Å²) < 4.78 is 15.1. The lowest BCUT2D eigenvalue weighted by molar-refractivity contribution is -0.134. The van der Waals surface area contributed by atoms with Gasteiger partial charge in [0.2, 0.25) is 17.7 Å². The van der Waals surface area contributed by atoms with E-state index in [0.29, 0.717) is 66.0 Å². The normalized spacial score (nSPS) is 18.4. The molecule has 0 radical (unpaired) electrons. The molecule has 10 rings (SSSR count). The Bertz CT molecular complexity index is 3350. The molecule has 4 amide bonds. The molecule has 2 fully saturated rings. The number of ether oxygens (including phenoxy) is 2. The molecule has 0 aliphatic carbocycles. The first-order valence-electron chi connectivity index (χ1n) is 26.0. The zero-order chi connectivity index (χ0) is 53.4. The molecule has 76 heavy (non-hydrogen) atoms. The number of carbonyl (C=O) groups excluding carboxylic acids is 5. The number of pyridine rings is 1. The molecule has 6 heterocycles. The van der Waals surface area contributed by atoms with E-state index in [-0.39, 0.29) is 54.4 Å². The topological polar surface area (TPSA) is 193 Å². The van der Waals surface area contributed by atoms with Crippen LogP contribution < -0.4 is 25.6 Å². The van der Waals surface area contributed by atoms with Crippen molar-refractivity contribution in [2.75, 3.05) is 54.9 Å². The molecule has 3 atom stereocenters. The van der Waals surface area contributed by atoms with E-state index in [4.69, 9.17) is 14.5 Å². The second-order valence-electron chi connectivity index (χ2n) is 21.2. The molecule has 2 saturated heterocycles. The Morgan fingerprint density at radius 1 is 0.882 bits per heavy atom. The molecular formula is C58H64N10O7S. The van der Waals surface area contributed by atoms with Crippen LogP contribution in [0.2, 0.25) is 0 Å². The molecule has 1 unspecified atom stereocenters. The van der Waals surface area contributed by atoms with Gasteiger partial charge in [0.25, 0.3) is 5.91 Å². The lowest BCUT2D eigenvalue weighted by atomic mass is 9.93. The van der Waals surface area contributed by atoms with Gasteiger partial charge in [-0.25, -0.2) is 14.8 Å². The van der Waals surface area contributed by atoms with Gasteiger partial charge in [0.05, 0.1) is 40.5 Å².